The van der Waals surface area contributed by atoms with Gasteiger partial charge in [0, 0.05) is 108 Å². The van der Waals surface area contributed by atoms with Gasteiger partial charge in [-0.1, -0.05) is 74.5 Å². The van der Waals surface area contributed by atoms with Gasteiger partial charge < -0.3 is 68.6 Å². The van der Waals surface area contributed by atoms with E-state index in [0.29, 0.717) is 17.5 Å². The first-order valence-corrected chi connectivity index (χ1v) is 28.8. The molecular formula is C59H83N15O13. The van der Waals surface area contributed by atoms with Crippen LogP contribution in [0.4, 0.5) is 0 Å². The summed E-state index contributed by atoms with van der Waals surface area (Å²) in [5, 5.41) is 59.1. The molecular weight excluding hydrogens is 1130 g/mol. The van der Waals surface area contributed by atoms with Gasteiger partial charge in [-0.2, -0.15) is 0 Å². The molecule has 0 radical (unpaired) electrons. The molecule has 0 saturated carbocycles. The normalized spacial score (nSPS) is 15.2. The molecule has 1 aliphatic rings. The fraction of sp³-hybridized carbons (Fsp3) is 0.475. The summed E-state index contributed by atoms with van der Waals surface area (Å²) in [7, 11) is 1.57. The van der Waals surface area contributed by atoms with Crippen LogP contribution >= 0.6 is 0 Å². The number of aromatic nitrogens is 1. The zero-order valence-electron chi connectivity index (χ0n) is 49.4. The summed E-state index contributed by atoms with van der Waals surface area (Å²) in [4.78, 5) is 140. The van der Waals surface area contributed by atoms with Gasteiger partial charge in [-0.3, -0.25) is 73.0 Å². The minimum absolute atomic E-state index is 0.0353. The number of carbonyl (C=O) groups excluding carboxylic acids is 7. The van der Waals surface area contributed by atoms with Crippen molar-refractivity contribution in [2.24, 2.45) is 11.7 Å². The largest absolute Gasteiger partial charge is 0.480 e. The number of guanidine groups is 1. The molecule has 1 aromatic heterocycles. The number of H-pyrrole nitrogens is 1. The van der Waals surface area contributed by atoms with Crippen LogP contribution < -0.4 is 48.3 Å². The highest BCUT2D eigenvalue weighted by Gasteiger charge is 2.31. The van der Waals surface area contributed by atoms with Crippen molar-refractivity contribution in [3.63, 3.8) is 0 Å². The molecule has 15 N–H and O–H groups in total. The summed E-state index contributed by atoms with van der Waals surface area (Å²) in [5.41, 5.74) is 8.86. The number of rotatable bonds is 31. The van der Waals surface area contributed by atoms with Crippen LogP contribution in [0.5, 0.6) is 0 Å². The number of nitrogens with one attached hydrogen (secondary N) is 10. The quantitative estimate of drug-likeness (QED) is 0.0154. The van der Waals surface area contributed by atoms with Gasteiger partial charge in [0.1, 0.15) is 24.2 Å². The summed E-state index contributed by atoms with van der Waals surface area (Å²) in [6, 6.07) is 17.9. The van der Waals surface area contributed by atoms with Gasteiger partial charge in [-0.05, 0) is 60.1 Å². The fourth-order valence-electron chi connectivity index (χ4n) is 9.72. The molecule has 4 atom stereocenters. The fourth-order valence-corrected chi connectivity index (χ4v) is 9.72. The number of carboxylic acid groups (broad SMARTS) is 3. The Balaban J connectivity index is 1.20. The molecule has 28 nitrogen and oxygen atoms in total. The molecule has 0 spiro atoms. The first kappa shape index (κ1) is 68.8. The maximum Gasteiger partial charge on any atom is 0.317 e. The van der Waals surface area contributed by atoms with Crippen molar-refractivity contribution in [1.82, 2.24) is 67.1 Å². The van der Waals surface area contributed by atoms with Crippen LogP contribution in [-0.2, 0) is 62.5 Å². The number of hydrogen-bond donors (Lipinski definition) is 14. The van der Waals surface area contributed by atoms with Gasteiger partial charge in [-0.25, -0.2) is 0 Å². The topological polar surface area (TPSA) is 406 Å². The Bertz CT molecular complexity index is 2950. The number of nitrogens with zero attached hydrogens (tertiary/aromatic N) is 4. The molecule has 0 bridgehead atoms. The zero-order chi connectivity index (χ0) is 63.4. The Morgan fingerprint density at radius 1 is 0.575 bits per heavy atom. The molecule has 0 unspecified atom stereocenters. The van der Waals surface area contributed by atoms with Crippen molar-refractivity contribution in [2.45, 2.75) is 76.7 Å². The summed E-state index contributed by atoms with van der Waals surface area (Å²) >= 11 is 0. The second-order valence-electron chi connectivity index (χ2n) is 21.7. The van der Waals surface area contributed by atoms with Crippen molar-refractivity contribution in [3.05, 3.63) is 107 Å². The van der Waals surface area contributed by atoms with E-state index in [4.69, 9.17) is 11.1 Å². The first-order valence-electron chi connectivity index (χ1n) is 28.8. The molecule has 0 aliphatic carbocycles. The van der Waals surface area contributed by atoms with E-state index in [1.54, 1.807) is 75.3 Å². The van der Waals surface area contributed by atoms with Crippen molar-refractivity contribution in [2.75, 3.05) is 98.7 Å². The molecule has 28 heteroatoms. The summed E-state index contributed by atoms with van der Waals surface area (Å²) < 4.78 is 0. The van der Waals surface area contributed by atoms with Gasteiger partial charge in [0.05, 0.1) is 32.7 Å². The molecule has 5 rings (SSSR count). The van der Waals surface area contributed by atoms with Gasteiger partial charge in [-0.15, -0.1) is 0 Å². The first-order chi connectivity index (χ1) is 41.5. The van der Waals surface area contributed by atoms with Crippen LogP contribution in [-0.4, -0.2) is 228 Å². The van der Waals surface area contributed by atoms with Crippen LogP contribution in [0.15, 0.2) is 85.1 Å². The van der Waals surface area contributed by atoms with E-state index in [2.05, 4.69) is 47.5 Å². The van der Waals surface area contributed by atoms with Crippen LogP contribution in [0.25, 0.3) is 10.9 Å². The minimum Gasteiger partial charge on any atom is -0.480 e. The highest BCUT2D eigenvalue weighted by atomic mass is 16.4. The smallest absolute Gasteiger partial charge is 0.317 e. The van der Waals surface area contributed by atoms with Crippen molar-refractivity contribution >= 4 is 76.1 Å². The Labute approximate surface area is 504 Å². The molecule has 87 heavy (non-hydrogen) atoms. The predicted octanol–water partition coefficient (Wildman–Crippen LogP) is -1.53. The average Bonchev–Trinajstić information content (AvgIpc) is 2.30. The lowest BCUT2D eigenvalue weighted by molar-refractivity contribution is -0.140. The highest BCUT2D eigenvalue weighted by Crippen LogP contribution is 2.20. The number of nitrogens with two attached hydrogens (primary N) is 1. The number of hydrogen-bond acceptors (Lipinski definition) is 15. The number of carbonyl (C=O) groups is 10. The Morgan fingerprint density at radius 2 is 1.11 bits per heavy atom. The van der Waals surface area contributed by atoms with Crippen molar-refractivity contribution in [1.29, 1.82) is 5.41 Å². The van der Waals surface area contributed by atoms with Gasteiger partial charge in [0.15, 0.2) is 5.96 Å². The van der Waals surface area contributed by atoms with Gasteiger partial charge in [0.25, 0.3) is 5.91 Å². The van der Waals surface area contributed by atoms with E-state index in [0.717, 1.165) is 16.5 Å². The van der Waals surface area contributed by atoms with E-state index < -0.39 is 84.1 Å². The van der Waals surface area contributed by atoms with Crippen LogP contribution in [0.3, 0.4) is 0 Å². The standard InChI is InChI=1S/C59H83N15O13/c1-38(2)28-47(58(87)68-45(14-9-19-63-59(61)62-3)57(86)69-46(54(60)83)30-42-32-64-44-13-8-7-12-43(42)44)67-49(75)33-66-56(85)48(29-39-10-5-4-6-11-39)70-55(84)41-17-15-40(16-18-41)31-65-50(76)34-71-20-22-72(35-51(77)78)24-26-74(37-53(81)82)27-25-73(23-21-71)36-52(79)80/h4-8,10-13,15-18,32,38,45-48,64H,9,14,19-31,33-37H2,1-3H3,(H2,60,83)(H,65,76)(H,66,85)(H,67,75)(H,68,87)(H,69,86)(H,70,84)(H,77,78)(H,79,80)(H,81,82)(H3,61,62,63)/t45-,46-,47-,48-/m0/s1. The van der Waals surface area contributed by atoms with E-state index in [-0.39, 0.29) is 141 Å². The zero-order valence-corrected chi connectivity index (χ0v) is 49.4. The minimum atomic E-state index is -1.21. The molecule has 7 amide bonds. The van der Waals surface area contributed by atoms with Crippen molar-refractivity contribution in [3.8, 4) is 0 Å². The molecule has 3 aromatic carbocycles. The summed E-state index contributed by atoms with van der Waals surface area (Å²) in [6.07, 6.45) is 2.33. The van der Waals surface area contributed by atoms with E-state index in [9.17, 15) is 63.3 Å². The lowest BCUT2D eigenvalue weighted by Crippen LogP contribution is -2.57. The number of primary amides is 1. The average molecular weight is 1210 g/mol. The highest BCUT2D eigenvalue weighted by molar-refractivity contribution is 5.99. The SMILES string of the molecule is CNC(=N)NCCC[C@H](NC(=O)[C@H](CC(C)C)NC(=O)CNC(=O)[C@H](Cc1ccccc1)NC(=O)c1ccc(CNC(=O)CN2CCN(CC(=O)O)CCN(CC(=O)O)CCN(CC(=O)O)CC2)cc1)C(=O)N[C@@H](Cc1c[nH]c2ccccc12)C(N)=O. The molecule has 1 fully saturated rings. The van der Waals surface area contributed by atoms with Gasteiger partial charge >= 0.3 is 17.9 Å². The number of aliphatic carboxylic acids is 3. The number of fused-ring (bicyclic) bond motifs is 1. The number of amides is 7. The van der Waals surface area contributed by atoms with E-state index in [1.807, 2.05) is 38.1 Å². The third kappa shape index (κ3) is 24.9. The molecule has 4 aromatic rings. The predicted molar refractivity (Wildman–Crippen MR) is 322 cm³/mol. The van der Waals surface area contributed by atoms with E-state index in [1.165, 1.54) is 12.1 Å². The third-order valence-electron chi connectivity index (χ3n) is 14.4. The lowest BCUT2D eigenvalue weighted by Gasteiger charge is -2.32. The number of aromatic amines is 1. The monoisotopic (exact) mass is 1210 g/mol. The van der Waals surface area contributed by atoms with Crippen LogP contribution in [0.1, 0.15) is 60.2 Å². The van der Waals surface area contributed by atoms with Gasteiger partial charge in [0.2, 0.25) is 35.4 Å². The molecule has 1 saturated heterocycles. The summed E-state index contributed by atoms with van der Waals surface area (Å²) in [6.45, 7) is 4.29. The Kier molecular flexibility index (Phi) is 28.0. The number of carboxylic acids is 3. The number of benzene rings is 3. The summed E-state index contributed by atoms with van der Waals surface area (Å²) in [5.74, 6) is -7.93. The maximum absolute atomic E-state index is 14.1. The second-order valence-corrected chi connectivity index (χ2v) is 21.7. The molecule has 2 heterocycles. The molecule has 1 aliphatic heterocycles. The van der Waals surface area contributed by atoms with Crippen molar-refractivity contribution < 1.29 is 63.3 Å². The second kappa shape index (κ2) is 35.5. The molecule has 472 valence electrons. The Hall–Kier alpha value is -8.99. The van der Waals surface area contributed by atoms with E-state index >= 15 is 0 Å². The third-order valence-corrected chi connectivity index (χ3v) is 14.4. The maximum atomic E-state index is 14.1. The number of para-hydroxylation sites is 1. The van der Waals surface area contributed by atoms with Crippen LogP contribution in [0.2, 0.25) is 0 Å². The lowest BCUT2D eigenvalue weighted by atomic mass is 10.0. The van der Waals surface area contributed by atoms with Crippen LogP contribution in [0, 0.1) is 11.3 Å². The Morgan fingerprint density at radius 3 is 1.67 bits per heavy atom.